The molecule has 0 radical (unpaired) electrons. The van der Waals surface area contributed by atoms with E-state index in [0.29, 0.717) is 10.7 Å². The summed E-state index contributed by atoms with van der Waals surface area (Å²) in [7, 11) is 0. The molecule has 0 aliphatic carbocycles. The first-order valence-electron chi connectivity index (χ1n) is 8.75. The summed E-state index contributed by atoms with van der Waals surface area (Å²) >= 11 is 5.40. The van der Waals surface area contributed by atoms with E-state index in [9.17, 15) is 4.79 Å². The van der Waals surface area contributed by atoms with Gasteiger partial charge in [0, 0.05) is 18.8 Å². The molecular weight excluding hydrogens is 330 g/mol. The monoisotopic (exact) mass is 353 g/mol. The van der Waals surface area contributed by atoms with Crippen molar-refractivity contribution in [3.8, 4) is 0 Å². The standard InChI is InChI=1S/C20H23N3OS/c24-19(23-14-8-1-2-9-15-23)17-12-6-7-13-18(17)22-20(25)21-16-10-4-3-5-11-16/h3-7,10-13H,1-2,8-9,14-15H2,(H2,21,22,25). The molecule has 0 unspecified atom stereocenters. The lowest BCUT2D eigenvalue weighted by molar-refractivity contribution is 0.0762. The van der Waals surface area contributed by atoms with E-state index in [4.69, 9.17) is 12.2 Å². The van der Waals surface area contributed by atoms with Crippen LogP contribution in [-0.4, -0.2) is 29.0 Å². The molecule has 130 valence electrons. The molecule has 0 saturated carbocycles. The fourth-order valence-electron chi connectivity index (χ4n) is 3.03. The zero-order valence-electron chi connectivity index (χ0n) is 14.2. The van der Waals surface area contributed by atoms with Crippen LogP contribution < -0.4 is 10.6 Å². The third-order valence-corrected chi connectivity index (χ3v) is 4.53. The number of hydrogen-bond donors (Lipinski definition) is 2. The third-order valence-electron chi connectivity index (χ3n) is 4.33. The summed E-state index contributed by atoms with van der Waals surface area (Å²) in [4.78, 5) is 14.9. The van der Waals surface area contributed by atoms with Gasteiger partial charge in [-0.15, -0.1) is 0 Å². The molecule has 4 nitrogen and oxygen atoms in total. The number of nitrogens with one attached hydrogen (secondary N) is 2. The Balaban J connectivity index is 1.71. The van der Waals surface area contributed by atoms with Crippen molar-refractivity contribution >= 4 is 34.6 Å². The van der Waals surface area contributed by atoms with Crippen LogP contribution in [0.5, 0.6) is 0 Å². The average molecular weight is 353 g/mol. The van der Waals surface area contributed by atoms with Gasteiger partial charge in [0.25, 0.3) is 5.91 Å². The maximum absolute atomic E-state index is 12.9. The highest BCUT2D eigenvalue weighted by atomic mass is 32.1. The summed E-state index contributed by atoms with van der Waals surface area (Å²) in [5, 5.41) is 6.78. The van der Waals surface area contributed by atoms with Gasteiger partial charge in [0.2, 0.25) is 0 Å². The zero-order valence-corrected chi connectivity index (χ0v) is 15.0. The van der Waals surface area contributed by atoms with Gasteiger partial charge in [-0.1, -0.05) is 43.2 Å². The number of carbonyl (C=O) groups excluding carboxylic acids is 1. The second-order valence-electron chi connectivity index (χ2n) is 6.20. The topological polar surface area (TPSA) is 44.4 Å². The highest BCUT2D eigenvalue weighted by Crippen LogP contribution is 2.20. The van der Waals surface area contributed by atoms with Gasteiger partial charge in [0.1, 0.15) is 0 Å². The van der Waals surface area contributed by atoms with E-state index in [2.05, 4.69) is 10.6 Å². The van der Waals surface area contributed by atoms with E-state index in [0.717, 1.165) is 37.3 Å². The van der Waals surface area contributed by atoms with Crippen molar-refractivity contribution in [1.29, 1.82) is 0 Å². The van der Waals surface area contributed by atoms with Crippen LogP contribution in [0.25, 0.3) is 0 Å². The van der Waals surface area contributed by atoms with E-state index in [1.54, 1.807) is 0 Å². The molecule has 2 aromatic carbocycles. The smallest absolute Gasteiger partial charge is 0.255 e. The largest absolute Gasteiger partial charge is 0.339 e. The first-order chi connectivity index (χ1) is 12.2. The number of thiocarbonyl (C=S) groups is 1. The molecular formula is C20H23N3OS. The summed E-state index contributed by atoms with van der Waals surface area (Å²) < 4.78 is 0. The maximum Gasteiger partial charge on any atom is 0.255 e. The van der Waals surface area contributed by atoms with Gasteiger partial charge in [-0.2, -0.15) is 0 Å². The minimum absolute atomic E-state index is 0.0764. The van der Waals surface area contributed by atoms with Gasteiger partial charge in [-0.05, 0) is 49.3 Å². The van der Waals surface area contributed by atoms with Crippen LogP contribution in [0.3, 0.4) is 0 Å². The molecule has 1 heterocycles. The fraction of sp³-hybridized carbons (Fsp3) is 0.300. The summed E-state index contributed by atoms with van der Waals surface area (Å²) in [6, 6.07) is 17.3. The van der Waals surface area contributed by atoms with Gasteiger partial charge >= 0.3 is 0 Å². The zero-order chi connectivity index (χ0) is 17.5. The SMILES string of the molecule is O=C(c1ccccc1NC(=S)Nc1ccccc1)N1CCCCCC1. The number of hydrogen-bond acceptors (Lipinski definition) is 2. The Morgan fingerprint density at radius 2 is 1.48 bits per heavy atom. The molecule has 2 N–H and O–H groups in total. The quantitative estimate of drug-likeness (QED) is 0.797. The van der Waals surface area contributed by atoms with Crippen molar-refractivity contribution in [2.75, 3.05) is 23.7 Å². The lowest BCUT2D eigenvalue weighted by Crippen LogP contribution is -2.32. The third kappa shape index (κ3) is 4.79. The maximum atomic E-state index is 12.9. The highest BCUT2D eigenvalue weighted by Gasteiger charge is 2.20. The predicted molar refractivity (Wildman–Crippen MR) is 107 cm³/mol. The molecule has 1 saturated heterocycles. The van der Waals surface area contributed by atoms with Crippen LogP contribution >= 0.6 is 12.2 Å². The van der Waals surface area contributed by atoms with Crippen LogP contribution in [0.4, 0.5) is 11.4 Å². The molecule has 0 bridgehead atoms. The van der Waals surface area contributed by atoms with E-state index in [-0.39, 0.29) is 5.91 Å². The molecule has 0 atom stereocenters. The lowest BCUT2D eigenvalue weighted by Gasteiger charge is -2.22. The van der Waals surface area contributed by atoms with Gasteiger partial charge in [0.05, 0.1) is 11.3 Å². The Labute approximate surface area is 154 Å². The van der Waals surface area contributed by atoms with Gasteiger partial charge in [0.15, 0.2) is 5.11 Å². The minimum atomic E-state index is 0.0764. The Kier molecular flexibility index (Phi) is 6.01. The number of anilines is 2. The van der Waals surface area contributed by atoms with Gasteiger partial charge in [-0.3, -0.25) is 4.79 Å². The number of carbonyl (C=O) groups is 1. The molecule has 0 spiro atoms. The molecule has 1 fully saturated rings. The number of benzene rings is 2. The summed E-state index contributed by atoms with van der Waals surface area (Å²) in [5.74, 6) is 0.0764. The average Bonchev–Trinajstić information content (AvgIpc) is 2.92. The lowest BCUT2D eigenvalue weighted by atomic mass is 10.1. The molecule has 25 heavy (non-hydrogen) atoms. The molecule has 3 rings (SSSR count). The van der Waals surface area contributed by atoms with Crippen LogP contribution in [0.1, 0.15) is 36.0 Å². The molecule has 0 aromatic heterocycles. The predicted octanol–water partition coefficient (Wildman–Crippen LogP) is 4.51. The number of rotatable bonds is 3. The first-order valence-corrected chi connectivity index (χ1v) is 9.16. The Morgan fingerprint density at radius 1 is 0.840 bits per heavy atom. The van der Waals surface area contributed by atoms with E-state index in [1.807, 2.05) is 59.5 Å². The van der Waals surface area contributed by atoms with Crippen molar-refractivity contribution in [2.45, 2.75) is 25.7 Å². The number of nitrogens with zero attached hydrogens (tertiary/aromatic N) is 1. The summed E-state index contributed by atoms with van der Waals surface area (Å²) in [6.07, 6.45) is 4.56. The van der Waals surface area contributed by atoms with Crippen molar-refractivity contribution in [3.05, 3.63) is 60.2 Å². The van der Waals surface area contributed by atoms with Crippen molar-refractivity contribution < 1.29 is 4.79 Å². The van der Waals surface area contributed by atoms with Crippen LogP contribution in [0.15, 0.2) is 54.6 Å². The highest BCUT2D eigenvalue weighted by molar-refractivity contribution is 7.80. The Bertz CT molecular complexity index is 725. The van der Waals surface area contributed by atoms with Crippen LogP contribution in [0, 0.1) is 0 Å². The van der Waals surface area contributed by atoms with Crippen molar-refractivity contribution in [3.63, 3.8) is 0 Å². The van der Waals surface area contributed by atoms with Crippen molar-refractivity contribution in [1.82, 2.24) is 4.90 Å². The molecule has 2 aromatic rings. The second-order valence-corrected chi connectivity index (χ2v) is 6.61. The van der Waals surface area contributed by atoms with E-state index in [1.165, 1.54) is 12.8 Å². The second kappa shape index (κ2) is 8.62. The molecule has 5 heteroatoms. The van der Waals surface area contributed by atoms with Crippen molar-refractivity contribution in [2.24, 2.45) is 0 Å². The fourth-order valence-corrected chi connectivity index (χ4v) is 3.26. The Hall–Kier alpha value is -2.40. The number of likely N-dealkylation sites (tertiary alicyclic amines) is 1. The van der Waals surface area contributed by atoms with E-state index < -0.39 is 0 Å². The van der Waals surface area contributed by atoms with Crippen LogP contribution in [0.2, 0.25) is 0 Å². The first kappa shape index (κ1) is 17.4. The normalized spacial score (nSPS) is 14.5. The minimum Gasteiger partial charge on any atom is -0.339 e. The van der Waals surface area contributed by atoms with Gasteiger partial charge in [-0.25, -0.2) is 0 Å². The Morgan fingerprint density at radius 3 is 2.20 bits per heavy atom. The number of para-hydroxylation sites is 2. The summed E-state index contributed by atoms with van der Waals surface area (Å²) in [6.45, 7) is 1.67. The summed E-state index contributed by atoms with van der Waals surface area (Å²) in [5.41, 5.74) is 2.32. The van der Waals surface area contributed by atoms with Crippen LogP contribution in [-0.2, 0) is 0 Å². The molecule has 1 amide bonds. The van der Waals surface area contributed by atoms with Gasteiger partial charge < -0.3 is 15.5 Å². The molecule has 1 aliphatic rings. The number of amides is 1. The molecule has 1 aliphatic heterocycles. The van der Waals surface area contributed by atoms with E-state index >= 15 is 0 Å².